The third-order valence-corrected chi connectivity index (χ3v) is 4.90. The molecule has 1 rings (SSSR count). The minimum atomic E-state index is -3.35. The highest BCUT2D eigenvalue weighted by molar-refractivity contribution is 7.89. The van der Waals surface area contributed by atoms with Crippen molar-refractivity contribution in [3.63, 3.8) is 0 Å². The highest BCUT2D eigenvalue weighted by Gasteiger charge is 2.35. The van der Waals surface area contributed by atoms with Crippen LogP contribution >= 0.6 is 0 Å². The molecule has 0 spiro atoms. The van der Waals surface area contributed by atoms with Gasteiger partial charge in [-0.15, -0.1) is 0 Å². The second-order valence-corrected chi connectivity index (χ2v) is 6.46. The molecule has 0 aromatic carbocycles. The molecule has 0 radical (unpaired) electrons. The SMILES string of the molecule is CCC1(CC)CC(NS(=O)(=O)CCO)CCO1. The molecule has 0 aromatic rings. The Kier molecular flexibility index (Phi) is 5.37. The van der Waals surface area contributed by atoms with Gasteiger partial charge in [-0.25, -0.2) is 13.1 Å². The lowest BCUT2D eigenvalue weighted by Crippen LogP contribution is -2.48. The van der Waals surface area contributed by atoms with Gasteiger partial charge in [0.2, 0.25) is 10.0 Å². The largest absolute Gasteiger partial charge is 0.395 e. The number of ether oxygens (including phenoxy) is 1. The van der Waals surface area contributed by atoms with E-state index >= 15 is 0 Å². The Labute approximate surface area is 104 Å². The minimum Gasteiger partial charge on any atom is -0.395 e. The first-order valence-electron chi connectivity index (χ1n) is 6.22. The second-order valence-electron chi connectivity index (χ2n) is 4.59. The Balaban J connectivity index is 2.61. The summed E-state index contributed by atoms with van der Waals surface area (Å²) < 4.78 is 31.6. The zero-order chi connectivity index (χ0) is 12.9. The van der Waals surface area contributed by atoms with Gasteiger partial charge < -0.3 is 9.84 Å². The predicted octanol–water partition coefficient (Wildman–Crippen LogP) is 0.636. The average Bonchev–Trinajstić information content (AvgIpc) is 2.28. The molecule has 1 saturated heterocycles. The lowest BCUT2D eigenvalue weighted by Gasteiger charge is -2.40. The molecule has 0 aromatic heterocycles. The first-order chi connectivity index (χ1) is 7.97. The van der Waals surface area contributed by atoms with E-state index in [4.69, 9.17) is 9.84 Å². The molecule has 1 atom stereocenters. The molecule has 0 saturated carbocycles. The molecule has 102 valence electrons. The van der Waals surface area contributed by atoms with E-state index in [0.29, 0.717) is 19.4 Å². The molecular formula is C11H23NO4S. The minimum absolute atomic E-state index is 0.0693. The first-order valence-corrected chi connectivity index (χ1v) is 7.87. The van der Waals surface area contributed by atoms with E-state index in [-0.39, 0.29) is 24.0 Å². The topological polar surface area (TPSA) is 75.6 Å². The monoisotopic (exact) mass is 265 g/mol. The Morgan fingerprint density at radius 2 is 2.06 bits per heavy atom. The van der Waals surface area contributed by atoms with Crippen LogP contribution in [0.25, 0.3) is 0 Å². The molecule has 1 aliphatic heterocycles. The van der Waals surface area contributed by atoms with Crippen LogP contribution in [0.15, 0.2) is 0 Å². The maximum absolute atomic E-state index is 11.6. The van der Waals surface area contributed by atoms with Crippen LogP contribution < -0.4 is 4.72 Å². The van der Waals surface area contributed by atoms with E-state index in [2.05, 4.69) is 18.6 Å². The van der Waals surface area contributed by atoms with Crippen LogP contribution in [-0.4, -0.2) is 44.1 Å². The summed E-state index contributed by atoms with van der Waals surface area (Å²) in [5.41, 5.74) is -0.190. The van der Waals surface area contributed by atoms with Crippen molar-refractivity contribution in [3.8, 4) is 0 Å². The van der Waals surface area contributed by atoms with E-state index < -0.39 is 10.0 Å². The van der Waals surface area contributed by atoms with E-state index in [1.165, 1.54) is 0 Å². The third kappa shape index (κ3) is 4.21. The van der Waals surface area contributed by atoms with Crippen LogP contribution in [-0.2, 0) is 14.8 Å². The quantitative estimate of drug-likeness (QED) is 0.739. The van der Waals surface area contributed by atoms with Gasteiger partial charge in [0.1, 0.15) is 0 Å². The molecule has 2 N–H and O–H groups in total. The zero-order valence-electron chi connectivity index (χ0n) is 10.6. The van der Waals surface area contributed by atoms with Crippen molar-refractivity contribution in [1.82, 2.24) is 4.72 Å². The molecule has 0 amide bonds. The van der Waals surface area contributed by atoms with E-state index in [1.807, 2.05) is 0 Å². The number of aliphatic hydroxyl groups excluding tert-OH is 1. The van der Waals surface area contributed by atoms with Gasteiger partial charge in [0.05, 0.1) is 18.0 Å². The van der Waals surface area contributed by atoms with Gasteiger partial charge in [0.15, 0.2) is 0 Å². The zero-order valence-corrected chi connectivity index (χ0v) is 11.4. The molecule has 6 heteroatoms. The fourth-order valence-corrected chi connectivity index (χ4v) is 3.37. The number of hydrogen-bond donors (Lipinski definition) is 2. The summed E-state index contributed by atoms with van der Waals surface area (Å²) >= 11 is 0. The van der Waals surface area contributed by atoms with Gasteiger partial charge >= 0.3 is 0 Å². The van der Waals surface area contributed by atoms with Crippen LogP contribution in [0.2, 0.25) is 0 Å². The van der Waals surface area contributed by atoms with Crippen molar-refractivity contribution in [2.45, 2.75) is 51.2 Å². The highest BCUT2D eigenvalue weighted by atomic mass is 32.2. The van der Waals surface area contributed by atoms with Crippen molar-refractivity contribution in [2.24, 2.45) is 0 Å². The Morgan fingerprint density at radius 1 is 1.41 bits per heavy atom. The van der Waals surface area contributed by atoms with Crippen molar-refractivity contribution in [3.05, 3.63) is 0 Å². The van der Waals surface area contributed by atoms with Crippen LogP contribution in [0.4, 0.5) is 0 Å². The van der Waals surface area contributed by atoms with Crippen molar-refractivity contribution in [2.75, 3.05) is 19.0 Å². The molecule has 0 aliphatic carbocycles. The van der Waals surface area contributed by atoms with Crippen molar-refractivity contribution < 1.29 is 18.3 Å². The number of rotatable bonds is 6. The number of sulfonamides is 1. The standard InChI is InChI=1S/C11H23NO4S/c1-3-11(4-2)9-10(5-7-16-11)12-17(14,15)8-6-13/h10,12-13H,3-9H2,1-2H3. The van der Waals surface area contributed by atoms with Gasteiger partial charge in [-0.2, -0.15) is 0 Å². The first kappa shape index (κ1) is 14.9. The summed E-state index contributed by atoms with van der Waals surface area (Å²) in [6.07, 6.45) is 3.19. The van der Waals surface area contributed by atoms with Gasteiger partial charge in [-0.05, 0) is 25.7 Å². The second kappa shape index (κ2) is 6.13. The van der Waals surface area contributed by atoms with Crippen LogP contribution in [0, 0.1) is 0 Å². The van der Waals surface area contributed by atoms with Gasteiger partial charge in [-0.3, -0.25) is 0 Å². The summed E-state index contributed by atoms with van der Waals surface area (Å²) in [6.45, 7) is 4.38. The molecule has 5 nitrogen and oxygen atoms in total. The van der Waals surface area contributed by atoms with E-state index in [1.54, 1.807) is 0 Å². The molecule has 0 bridgehead atoms. The van der Waals surface area contributed by atoms with Crippen molar-refractivity contribution in [1.29, 1.82) is 0 Å². The molecule has 1 fully saturated rings. The maximum Gasteiger partial charge on any atom is 0.214 e. The lowest BCUT2D eigenvalue weighted by atomic mass is 9.86. The fourth-order valence-electron chi connectivity index (χ4n) is 2.30. The Morgan fingerprint density at radius 3 is 2.59 bits per heavy atom. The molecular weight excluding hydrogens is 242 g/mol. The Hall–Kier alpha value is -0.170. The number of aliphatic hydroxyl groups is 1. The summed E-state index contributed by atoms with van der Waals surface area (Å²) in [7, 11) is -3.35. The lowest BCUT2D eigenvalue weighted by molar-refractivity contribution is -0.0905. The Bertz CT molecular complexity index is 324. The molecule has 1 aliphatic rings. The molecule has 17 heavy (non-hydrogen) atoms. The van der Waals surface area contributed by atoms with Crippen LogP contribution in [0.1, 0.15) is 39.5 Å². The van der Waals surface area contributed by atoms with Crippen molar-refractivity contribution >= 4 is 10.0 Å². The maximum atomic E-state index is 11.6. The number of hydrogen-bond acceptors (Lipinski definition) is 4. The summed E-state index contributed by atoms with van der Waals surface area (Å²) in [5, 5.41) is 8.68. The van der Waals surface area contributed by atoms with Gasteiger partial charge in [-0.1, -0.05) is 13.8 Å². The fraction of sp³-hybridized carbons (Fsp3) is 1.00. The molecule has 1 heterocycles. The van der Waals surface area contributed by atoms with Crippen LogP contribution in [0.5, 0.6) is 0 Å². The highest BCUT2D eigenvalue weighted by Crippen LogP contribution is 2.31. The summed E-state index contributed by atoms with van der Waals surface area (Å²) in [6, 6.07) is -0.0693. The predicted molar refractivity (Wildman–Crippen MR) is 66.3 cm³/mol. The summed E-state index contributed by atoms with van der Waals surface area (Å²) in [4.78, 5) is 0. The third-order valence-electron chi connectivity index (χ3n) is 3.49. The normalized spacial score (nSPS) is 24.8. The summed E-state index contributed by atoms with van der Waals surface area (Å²) in [5.74, 6) is -0.227. The average molecular weight is 265 g/mol. The van der Waals surface area contributed by atoms with Crippen LogP contribution in [0.3, 0.4) is 0 Å². The van der Waals surface area contributed by atoms with E-state index in [0.717, 1.165) is 12.8 Å². The van der Waals surface area contributed by atoms with Gasteiger partial charge in [0.25, 0.3) is 0 Å². The molecule has 1 unspecified atom stereocenters. The number of nitrogens with one attached hydrogen (secondary N) is 1. The van der Waals surface area contributed by atoms with Gasteiger partial charge in [0, 0.05) is 12.6 Å². The smallest absolute Gasteiger partial charge is 0.214 e. The van der Waals surface area contributed by atoms with E-state index in [9.17, 15) is 8.42 Å².